The van der Waals surface area contributed by atoms with E-state index >= 15 is 0 Å². The Balaban J connectivity index is 2.46. The first-order chi connectivity index (χ1) is 6.68. The Labute approximate surface area is 92.4 Å². The molecule has 2 heterocycles. The van der Waals surface area contributed by atoms with Crippen molar-refractivity contribution in [2.75, 3.05) is 6.61 Å². The van der Waals surface area contributed by atoms with Crippen molar-refractivity contribution >= 4 is 23.2 Å². The van der Waals surface area contributed by atoms with Crippen LogP contribution in [-0.4, -0.2) is 16.6 Å². The molecule has 5 heteroatoms. The minimum atomic E-state index is -0.208. The fourth-order valence-electron chi connectivity index (χ4n) is 1.39. The van der Waals surface area contributed by atoms with Crippen molar-refractivity contribution in [3.63, 3.8) is 0 Å². The van der Waals surface area contributed by atoms with Gasteiger partial charge in [-0.1, -0.05) is 11.6 Å². The summed E-state index contributed by atoms with van der Waals surface area (Å²) in [5.74, 6) is 0.595. The van der Waals surface area contributed by atoms with E-state index in [-0.39, 0.29) is 5.38 Å². The lowest BCUT2D eigenvalue weighted by molar-refractivity contribution is 0.109. The van der Waals surface area contributed by atoms with Crippen LogP contribution in [0.3, 0.4) is 0 Å². The molecule has 1 unspecified atom stereocenters. The van der Waals surface area contributed by atoms with Crippen LogP contribution >= 0.6 is 23.2 Å². The summed E-state index contributed by atoms with van der Waals surface area (Å²) in [5, 5.41) is 0.262. The molecule has 1 aromatic rings. The fraction of sp³-hybridized carbons (Fsp3) is 0.556. The van der Waals surface area contributed by atoms with Gasteiger partial charge in [0.05, 0.1) is 24.3 Å². The maximum absolute atomic E-state index is 6.00. The van der Waals surface area contributed by atoms with Crippen LogP contribution < -0.4 is 0 Å². The van der Waals surface area contributed by atoms with Crippen molar-refractivity contribution in [1.82, 2.24) is 9.97 Å². The highest BCUT2D eigenvalue weighted by molar-refractivity contribution is 6.30. The number of alkyl halides is 1. The summed E-state index contributed by atoms with van der Waals surface area (Å²) in [6.45, 7) is 3.03. The molecular weight excluding hydrogens is 223 g/mol. The topological polar surface area (TPSA) is 35.0 Å². The Morgan fingerprint density at radius 3 is 2.93 bits per heavy atom. The normalized spacial score (nSPS) is 17.6. The third-order valence-corrected chi connectivity index (χ3v) is 2.65. The Kier molecular flexibility index (Phi) is 2.91. The molecule has 0 fully saturated rings. The van der Waals surface area contributed by atoms with Gasteiger partial charge >= 0.3 is 0 Å². The van der Waals surface area contributed by atoms with Gasteiger partial charge in [-0.2, -0.15) is 0 Å². The van der Waals surface area contributed by atoms with Gasteiger partial charge < -0.3 is 4.74 Å². The smallest absolute Gasteiger partial charge is 0.147 e. The molecule has 0 aromatic carbocycles. The van der Waals surface area contributed by atoms with Gasteiger partial charge in [-0.3, -0.25) is 0 Å². The number of nitrogens with zero attached hydrogens (tertiary/aromatic N) is 2. The molecule has 0 N–H and O–H groups in total. The molecule has 2 rings (SSSR count). The van der Waals surface area contributed by atoms with Gasteiger partial charge in [0.25, 0.3) is 0 Å². The van der Waals surface area contributed by atoms with Crippen LogP contribution in [0.2, 0.25) is 5.15 Å². The van der Waals surface area contributed by atoms with Crippen molar-refractivity contribution in [2.24, 2.45) is 0 Å². The largest absolute Gasteiger partial charge is 0.376 e. The predicted octanol–water partition coefficient (Wildman–Crippen LogP) is 2.50. The number of ether oxygens (including phenoxy) is 1. The zero-order valence-electron chi connectivity index (χ0n) is 7.76. The van der Waals surface area contributed by atoms with E-state index in [0.29, 0.717) is 24.2 Å². The average Bonchev–Trinajstić information content (AvgIpc) is 2.17. The number of hydrogen-bond donors (Lipinski definition) is 0. The maximum atomic E-state index is 6.00. The maximum Gasteiger partial charge on any atom is 0.147 e. The summed E-state index contributed by atoms with van der Waals surface area (Å²) in [4.78, 5) is 8.49. The van der Waals surface area contributed by atoms with E-state index in [0.717, 1.165) is 17.7 Å². The lowest BCUT2D eigenvalue weighted by Gasteiger charge is -2.17. The number of fused-ring (bicyclic) bond motifs is 1. The number of hydrogen-bond acceptors (Lipinski definition) is 3. The standard InChI is InChI=1S/C9H10Cl2N2O/c1-5(10)9-12-7-2-3-14-4-6(7)8(11)13-9/h5H,2-4H2,1H3. The number of halogens is 2. The van der Waals surface area contributed by atoms with Crippen LogP contribution in [-0.2, 0) is 17.8 Å². The molecule has 1 aromatic heterocycles. The van der Waals surface area contributed by atoms with E-state index in [1.807, 2.05) is 6.92 Å². The summed E-state index contributed by atoms with van der Waals surface area (Å²) in [7, 11) is 0. The van der Waals surface area contributed by atoms with E-state index in [1.54, 1.807) is 0 Å². The van der Waals surface area contributed by atoms with E-state index in [1.165, 1.54) is 0 Å². The summed E-state index contributed by atoms with van der Waals surface area (Å²) >= 11 is 11.9. The average molecular weight is 233 g/mol. The first-order valence-electron chi connectivity index (χ1n) is 4.45. The minimum absolute atomic E-state index is 0.208. The van der Waals surface area contributed by atoms with Crippen molar-refractivity contribution in [1.29, 1.82) is 0 Å². The monoisotopic (exact) mass is 232 g/mol. The molecule has 76 valence electrons. The molecule has 0 saturated carbocycles. The van der Waals surface area contributed by atoms with Crippen molar-refractivity contribution in [2.45, 2.75) is 25.3 Å². The van der Waals surface area contributed by atoms with Crippen molar-refractivity contribution < 1.29 is 4.74 Å². The first-order valence-corrected chi connectivity index (χ1v) is 5.27. The SMILES string of the molecule is CC(Cl)c1nc(Cl)c2c(n1)CCOC2. The van der Waals surface area contributed by atoms with Crippen LogP contribution in [0, 0.1) is 0 Å². The molecule has 0 spiro atoms. The highest BCUT2D eigenvalue weighted by atomic mass is 35.5. The van der Waals surface area contributed by atoms with Gasteiger partial charge in [-0.25, -0.2) is 9.97 Å². The van der Waals surface area contributed by atoms with Gasteiger partial charge in [0.1, 0.15) is 11.0 Å². The third-order valence-electron chi connectivity index (χ3n) is 2.14. The molecule has 0 saturated heterocycles. The predicted molar refractivity (Wildman–Crippen MR) is 54.7 cm³/mol. The number of aromatic nitrogens is 2. The second kappa shape index (κ2) is 4.01. The van der Waals surface area contributed by atoms with Crippen LogP contribution in [0.5, 0.6) is 0 Å². The van der Waals surface area contributed by atoms with Gasteiger partial charge in [0, 0.05) is 12.0 Å². The zero-order chi connectivity index (χ0) is 10.1. The van der Waals surface area contributed by atoms with Gasteiger partial charge in [0.2, 0.25) is 0 Å². The van der Waals surface area contributed by atoms with Crippen LogP contribution in [0.4, 0.5) is 0 Å². The Morgan fingerprint density at radius 2 is 2.21 bits per heavy atom. The fourth-order valence-corrected chi connectivity index (χ4v) is 1.74. The quantitative estimate of drug-likeness (QED) is 0.552. The first kappa shape index (κ1) is 10.1. The summed E-state index contributed by atoms with van der Waals surface area (Å²) in [5.41, 5.74) is 1.87. The summed E-state index contributed by atoms with van der Waals surface area (Å²) in [6, 6.07) is 0. The third kappa shape index (κ3) is 1.85. The molecule has 1 aliphatic heterocycles. The van der Waals surface area contributed by atoms with Crippen LogP contribution in [0.25, 0.3) is 0 Å². The Morgan fingerprint density at radius 1 is 1.43 bits per heavy atom. The molecule has 1 atom stereocenters. The van der Waals surface area contributed by atoms with Gasteiger partial charge in [-0.05, 0) is 6.92 Å². The second-order valence-corrected chi connectivity index (χ2v) is 4.23. The highest BCUT2D eigenvalue weighted by Crippen LogP contribution is 2.25. The highest BCUT2D eigenvalue weighted by Gasteiger charge is 2.18. The molecular formula is C9H10Cl2N2O. The molecule has 1 aliphatic rings. The van der Waals surface area contributed by atoms with Gasteiger partial charge in [-0.15, -0.1) is 11.6 Å². The number of rotatable bonds is 1. The molecule has 14 heavy (non-hydrogen) atoms. The van der Waals surface area contributed by atoms with Crippen LogP contribution in [0.1, 0.15) is 29.4 Å². The van der Waals surface area contributed by atoms with Crippen LogP contribution in [0.15, 0.2) is 0 Å². The molecule has 0 aliphatic carbocycles. The minimum Gasteiger partial charge on any atom is -0.376 e. The van der Waals surface area contributed by atoms with Crippen molar-refractivity contribution in [3.8, 4) is 0 Å². The van der Waals surface area contributed by atoms with E-state index in [4.69, 9.17) is 27.9 Å². The zero-order valence-corrected chi connectivity index (χ0v) is 9.27. The molecule has 0 amide bonds. The van der Waals surface area contributed by atoms with E-state index in [9.17, 15) is 0 Å². The van der Waals surface area contributed by atoms with E-state index < -0.39 is 0 Å². The Bertz CT molecular complexity index is 355. The molecule has 0 bridgehead atoms. The summed E-state index contributed by atoms with van der Waals surface area (Å²) in [6.07, 6.45) is 0.786. The Hall–Kier alpha value is -0.380. The second-order valence-electron chi connectivity index (χ2n) is 3.22. The molecule has 3 nitrogen and oxygen atoms in total. The molecule has 0 radical (unpaired) electrons. The van der Waals surface area contributed by atoms with Gasteiger partial charge in [0.15, 0.2) is 0 Å². The lowest BCUT2D eigenvalue weighted by atomic mass is 10.1. The van der Waals surface area contributed by atoms with E-state index in [2.05, 4.69) is 9.97 Å². The summed E-state index contributed by atoms with van der Waals surface area (Å²) < 4.78 is 5.28. The lowest BCUT2D eigenvalue weighted by Crippen LogP contribution is -2.15. The van der Waals surface area contributed by atoms with Crippen molar-refractivity contribution in [3.05, 3.63) is 22.2 Å².